The summed E-state index contributed by atoms with van der Waals surface area (Å²) in [4.78, 5) is 98.2. The van der Waals surface area contributed by atoms with E-state index in [1.54, 1.807) is 31.0 Å². The maximum absolute atomic E-state index is 14.3. The number of nitrogens with zero attached hydrogens (tertiary/aromatic N) is 3. The number of hydrogen-bond donors (Lipinski definition) is 1. The van der Waals surface area contributed by atoms with Crippen LogP contribution in [-0.2, 0) is 84.4 Å². The number of ketones is 2. The molecule has 20 heteroatoms. The molecule has 4 aliphatic rings. The number of benzene rings is 3. The normalized spacial score (nSPS) is 23.9. The molecule has 0 saturated carbocycles. The van der Waals surface area contributed by atoms with Gasteiger partial charge in [-0.2, -0.15) is 0 Å². The number of ether oxygens (including phenoxy) is 8. The molecule has 1 N–H and O–H groups in total. The summed E-state index contributed by atoms with van der Waals surface area (Å²) >= 11 is 6.84. The molecule has 0 aromatic heterocycles. The molecule has 3 aromatic carbocycles. The number of halogens is 1. The van der Waals surface area contributed by atoms with Crippen LogP contribution >= 0.6 is 11.6 Å². The summed E-state index contributed by atoms with van der Waals surface area (Å²) in [6.45, 7) is 11.9. The van der Waals surface area contributed by atoms with Gasteiger partial charge in [0.2, 0.25) is 17.7 Å². The Bertz CT molecular complexity index is 3100. The van der Waals surface area contributed by atoms with Crippen molar-refractivity contribution < 1.29 is 76.6 Å². The van der Waals surface area contributed by atoms with Crippen molar-refractivity contribution in [2.45, 2.75) is 160 Å². The largest absolute Gasteiger partial charge is 0.462 e. The first-order valence-corrected chi connectivity index (χ1v) is 30.8. The molecule has 0 unspecified atom stereocenters. The molecular formula is C68H86ClN3O16. The fraction of sp³-hybridized carbons (Fsp3) is 0.544. The summed E-state index contributed by atoms with van der Waals surface area (Å²) in [7, 11) is 4.55. The number of hydrogen-bond acceptors (Lipinski definition) is 16. The number of rotatable bonds is 27. The Morgan fingerprint density at radius 2 is 1.45 bits per heavy atom. The van der Waals surface area contributed by atoms with Gasteiger partial charge in [-0.3, -0.25) is 28.8 Å². The SMILES string of the molecule is CO[C@@H]1/C=C/C=C(\C)Cc2cc(C)c(Cl)c(c2)N(C)C(=O)C[C@H](OC(=O)[C@H](C)N(C)C(=O)CCCC(=O)CCCOCCOCCOCCOCCC(=O)CCC(=O)N2Cc3ccccc3C#Cc3ccccc32)[C@]2(C)O[C@H]2[C@H](C)[C@@H]2C[C@@]1(O)CC(=O)O2. The fourth-order valence-corrected chi connectivity index (χ4v) is 11.5. The predicted molar refractivity (Wildman–Crippen MR) is 331 cm³/mol. The molecule has 3 aromatic rings. The molecule has 3 amide bonds. The third-order valence-corrected chi connectivity index (χ3v) is 17.3. The van der Waals surface area contributed by atoms with E-state index in [1.165, 1.54) is 30.9 Å². The smallest absolute Gasteiger partial charge is 0.328 e. The lowest BCUT2D eigenvalue weighted by atomic mass is 9.78. The molecule has 0 spiro atoms. The zero-order valence-corrected chi connectivity index (χ0v) is 52.9. The molecule has 8 atom stereocenters. The number of esters is 2. The molecule has 4 heterocycles. The minimum absolute atomic E-state index is 0.00741. The van der Waals surface area contributed by atoms with E-state index in [-0.39, 0.29) is 94.2 Å². The number of Topliss-reactive ketones (excluding diaryl/α,β-unsaturated/α-hetero) is 2. The van der Waals surface area contributed by atoms with Gasteiger partial charge >= 0.3 is 11.9 Å². The molecule has 2 saturated heterocycles. The van der Waals surface area contributed by atoms with E-state index in [2.05, 4.69) is 11.8 Å². The summed E-state index contributed by atoms with van der Waals surface area (Å²) in [5, 5.41) is 12.3. The van der Waals surface area contributed by atoms with Crippen molar-refractivity contribution in [2.24, 2.45) is 5.92 Å². The summed E-state index contributed by atoms with van der Waals surface area (Å²) in [5.74, 6) is 3.48. The van der Waals surface area contributed by atoms with Gasteiger partial charge in [0.15, 0.2) is 0 Å². The van der Waals surface area contributed by atoms with Crippen molar-refractivity contribution in [1.29, 1.82) is 0 Å². The van der Waals surface area contributed by atoms with Crippen LogP contribution in [0.4, 0.5) is 11.4 Å². The van der Waals surface area contributed by atoms with Crippen LogP contribution in [0.3, 0.4) is 0 Å². The van der Waals surface area contributed by atoms with Gasteiger partial charge in [0.05, 0.1) is 88.1 Å². The lowest BCUT2D eigenvalue weighted by Gasteiger charge is -2.41. The van der Waals surface area contributed by atoms with Crippen molar-refractivity contribution in [1.82, 2.24) is 4.90 Å². The van der Waals surface area contributed by atoms with E-state index in [0.29, 0.717) is 76.3 Å². The van der Waals surface area contributed by atoms with Crippen LogP contribution in [0.2, 0.25) is 5.02 Å². The summed E-state index contributed by atoms with van der Waals surface area (Å²) in [6.07, 6.45) is 3.45. The first-order chi connectivity index (χ1) is 42.1. The number of likely N-dealkylation sites (N-methyl/N-ethyl adjacent to an activating group) is 1. The second-order valence-electron chi connectivity index (χ2n) is 23.5. The first kappa shape index (κ1) is 68.9. The Balaban J connectivity index is 0.763. The molecule has 2 fully saturated rings. The maximum atomic E-state index is 14.3. The Morgan fingerprint density at radius 1 is 0.818 bits per heavy atom. The predicted octanol–water partition coefficient (Wildman–Crippen LogP) is 8.34. The minimum atomic E-state index is -1.61. The Labute approximate surface area is 522 Å². The molecule has 4 aliphatic heterocycles. The summed E-state index contributed by atoms with van der Waals surface area (Å²) in [5.41, 5.74) is 3.57. The van der Waals surface area contributed by atoms with Crippen molar-refractivity contribution in [2.75, 3.05) is 83.9 Å². The highest BCUT2D eigenvalue weighted by atomic mass is 35.5. The van der Waals surface area contributed by atoms with E-state index < -0.39 is 65.4 Å². The van der Waals surface area contributed by atoms with Crippen molar-refractivity contribution in [3.8, 4) is 11.8 Å². The quantitative estimate of drug-likeness (QED) is 0.0327. The van der Waals surface area contributed by atoms with E-state index in [9.17, 15) is 38.7 Å². The van der Waals surface area contributed by atoms with Crippen molar-refractivity contribution in [3.05, 3.63) is 117 Å². The topological polar surface area (TPSA) is 227 Å². The zero-order chi connectivity index (χ0) is 63.5. The van der Waals surface area contributed by atoms with E-state index in [4.69, 9.17) is 49.5 Å². The van der Waals surface area contributed by atoms with Crippen LogP contribution in [0.25, 0.3) is 0 Å². The number of carbonyl (C=O) groups excluding carboxylic acids is 7. The second-order valence-corrected chi connectivity index (χ2v) is 23.9. The number of para-hydroxylation sites is 1. The van der Waals surface area contributed by atoms with E-state index in [0.717, 1.165) is 39.1 Å². The minimum Gasteiger partial charge on any atom is -0.462 e. The van der Waals surface area contributed by atoms with Crippen molar-refractivity contribution in [3.63, 3.8) is 0 Å². The fourth-order valence-electron chi connectivity index (χ4n) is 11.3. The van der Waals surface area contributed by atoms with Crippen LogP contribution < -0.4 is 9.80 Å². The van der Waals surface area contributed by atoms with Gasteiger partial charge in [-0.25, -0.2) is 4.79 Å². The average molecular weight is 1240 g/mol. The Kier molecular flexibility index (Phi) is 25.6. The second kappa shape index (κ2) is 32.8. The highest BCUT2D eigenvalue weighted by Gasteiger charge is 2.64. The van der Waals surface area contributed by atoms with Gasteiger partial charge in [0, 0.05) is 89.8 Å². The van der Waals surface area contributed by atoms with Crippen LogP contribution in [-0.4, -0.2) is 167 Å². The molecule has 4 bridgehead atoms. The number of epoxide rings is 1. The highest BCUT2D eigenvalue weighted by molar-refractivity contribution is 6.34. The Hall–Kier alpha value is -6.60. The van der Waals surface area contributed by atoms with Crippen LogP contribution in [0.15, 0.2) is 84.5 Å². The van der Waals surface area contributed by atoms with E-state index >= 15 is 0 Å². The third-order valence-electron chi connectivity index (χ3n) is 16.8. The molecule has 19 nitrogen and oxygen atoms in total. The van der Waals surface area contributed by atoms with Gasteiger partial charge in [0.1, 0.15) is 47.1 Å². The first-order valence-electron chi connectivity index (χ1n) is 30.4. The van der Waals surface area contributed by atoms with Gasteiger partial charge in [0.25, 0.3) is 0 Å². The number of allylic oxidation sites excluding steroid dienone is 3. The number of carbonyl (C=O) groups is 7. The lowest BCUT2D eigenvalue weighted by Crippen LogP contribution is -2.53. The summed E-state index contributed by atoms with van der Waals surface area (Å²) < 4.78 is 46.4. The lowest BCUT2D eigenvalue weighted by molar-refractivity contribution is -0.187. The molecule has 7 rings (SSSR count). The Morgan fingerprint density at radius 3 is 2.17 bits per heavy atom. The molecule has 0 aliphatic carbocycles. The van der Waals surface area contributed by atoms with E-state index in [1.807, 2.05) is 87.5 Å². The number of amides is 3. The van der Waals surface area contributed by atoms with Crippen LogP contribution in [0, 0.1) is 24.7 Å². The third kappa shape index (κ3) is 19.0. The average Bonchev–Trinajstić information content (AvgIpc) is 1.98. The van der Waals surface area contributed by atoms with Crippen molar-refractivity contribution >= 4 is 64.2 Å². The number of anilines is 2. The van der Waals surface area contributed by atoms with Gasteiger partial charge in [-0.1, -0.05) is 90.6 Å². The number of aryl methyl sites for hydroxylation is 1. The monoisotopic (exact) mass is 1240 g/mol. The molecular weight excluding hydrogens is 1150 g/mol. The summed E-state index contributed by atoms with van der Waals surface area (Å²) in [6, 6.07) is 18.0. The van der Waals surface area contributed by atoms with Gasteiger partial charge < -0.3 is 57.7 Å². The number of aliphatic hydroxyl groups is 1. The van der Waals surface area contributed by atoms with Gasteiger partial charge in [-0.15, -0.1) is 0 Å². The molecule has 476 valence electrons. The highest BCUT2D eigenvalue weighted by Crippen LogP contribution is 2.50. The van der Waals surface area contributed by atoms with Gasteiger partial charge in [-0.05, 0) is 87.9 Å². The number of methoxy groups -OCH3 is 1. The molecule has 88 heavy (non-hydrogen) atoms. The number of fused-ring (bicyclic) bond motifs is 7. The van der Waals surface area contributed by atoms with Crippen LogP contribution in [0.5, 0.6) is 0 Å². The molecule has 0 radical (unpaired) electrons. The standard InChI is InChI=1S/C68H86ClN3O16/c1-45-16-13-23-58(81-8)68(80)42-57(86-63(78)43-68)47(3)65-67(5,88-65)59(41-62(77)71(7)56-40-49(38-45)39-46(2)64(56)69)87-66(79)48(4)70(6)60(75)24-14-20-53(73)21-15-30-82-32-34-84-36-37-85-35-33-83-31-29-54(74)27-28-61(76)72-44-52-19-10-9-17-50(52)25-26-51-18-11-12-22-55(51)72/h9-13,16-19,22-23,39-40,47-48,57-59,65,80H,14-15,20-21,24,27-38,41-44H2,1-8H3/b23-13+,45-16+/t47-,48+,57+,58-,59+,65+,67+,68-/m1/s1. The maximum Gasteiger partial charge on any atom is 0.328 e. The van der Waals surface area contributed by atoms with Crippen LogP contribution in [0.1, 0.15) is 126 Å². The zero-order valence-electron chi connectivity index (χ0n) is 52.1.